The summed E-state index contributed by atoms with van der Waals surface area (Å²) >= 11 is 1.62. The van der Waals surface area contributed by atoms with Gasteiger partial charge in [-0.05, 0) is 47.4 Å². The van der Waals surface area contributed by atoms with Crippen molar-refractivity contribution in [1.29, 1.82) is 0 Å². The largest absolute Gasteiger partial charge is 0.484 e. The monoisotopic (exact) mass is 353 g/mol. The highest BCUT2D eigenvalue weighted by atomic mass is 32.1. The molecule has 5 heteroatoms. The summed E-state index contributed by atoms with van der Waals surface area (Å²) in [6, 6.07) is 9.70. The van der Waals surface area contributed by atoms with Crippen LogP contribution < -0.4 is 4.74 Å². The fraction of sp³-hybridized carbons (Fsp3) is 0.400. The lowest BCUT2D eigenvalue weighted by Gasteiger charge is -2.40. The van der Waals surface area contributed by atoms with Crippen molar-refractivity contribution >= 4 is 23.0 Å². The number of ketones is 1. The van der Waals surface area contributed by atoms with Crippen LogP contribution in [-0.2, 0) is 11.2 Å². The molecule has 3 atom stereocenters. The van der Waals surface area contributed by atoms with Crippen LogP contribution in [-0.4, -0.2) is 34.3 Å². The third-order valence-electron chi connectivity index (χ3n) is 5.87. The first kappa shape index (κ1) is 15.1. The van der Waals surface area contributed by atoms with Gasteiger partial charge in [0.15, 0.2) is 5.78 Å². The van der Waals surface area contributed by atoms with Crippen molar-refractivity contribution in [3.63, 3.8) is 0 Å². The van der Waals surface area contributed by atoms with Crippen LogP contribution in [0.5, 0.6) is 5.75 Å². The van der Waals surface area contributed by atoms with E-state index in [0.717, 1.165) is 24.8 Å². The summed E-state index contributed by atoms with van der Waals surface area (Å²) in [5, 5.41) is 4.03. The van der Waals surface area contributed by atoms with Gasteiger partial charge >= 0.3 is 0 Å². The van der Waals surface area contributed by atoms with Gasteiger partial charge in [0.25, 0.3) is 0 Å². The van der Waals surface area contributed by atoms with E-state index in [-0.39, 0.29) is 23.8 Å². The maximum absolute atomic E-state index is 12.9. The van der Waals surface area contributed by atoms with Crippen LogP contribution in [0.15, 0.2) is 41.1 Å². The summed E-state index contributed by atoms with van der Waals surface area (Å²) in [5.41, 5.74) is 1.21. The predicted octanol–water partition coefficient (Wildman–Crippen LogP) is 3.46. The van der Waals surface area contributed by atoms with E-state index >= 15 is 0 Å². The van der Waals surface area contributed by atoms with Crippen LogP contribution in [0.25, 0.3) is 0 Å². The topological polar surface area (TPSA) is 46.6 Å². The number of hydrogen-bond acceptors (Lipinski definition) is 4. The average molecular weight is 353 g/mol. The van der Waals surface area contributed by atoms with Gasteiger partial charge < -0.3 is 9.64 Å². The molecule has 1 spiro atoms. The van der Waals surface area contributed by atoms with Crippen LogP contribution in [0.1, 0.15) is 41.6 Å². The minimum atomic E-state index is -0.529. The summed E-state index contributed by atoms with van der Waals surface area (Å²) in [6.07, 6.45) is 3.54. The Balaban J connectivity index is 1.44. The Hall–Kier alpha value is -2.14. The number of hydrogen-bond donors (Lipinski definition) is 0. The van der Waals surface area contributed by atoms with Crippen molar-refractivity contribution in [2.75, 3.05) is 0 Å². The van der Waals surface area contributed by atoms with Crippen molar-refractivity contribution in [3.05, 3.63) is 52.2 Å². The van der Waals surface area contributed by atoms with Crippen molar-refractivity contribution < 1.29 is 14.3 Å². The fourth-order valence-corrected chi connectivity index (χ4v) is 5.55. The Morgan fingerprint density at radius 3 is 3.00 bits per heavy atom. The van der Waals surface area contributed by atoms with Gasteiger partial charge in [0.1, 0.15) is 11.4 Å². The molecule has 3 aliphatic heterocycles. The Bertz CT molecular complexity index is 846. The zero-order valence-corrected chi connectivity index (χ0v) is 14.6. The molecule has 25 heavy (non-hydrogen) atoms. The number of para-hydroxylation sites is 1. The van der Waals surface area contributed by atoms with Gasteiger partial charge in [-0.25, -0.2) is 0 Å². The van der Waals surface area contributed by atoms with Gasteiger partial charge in [-0.2, -0.15) is 11.3 Å². The van der Waals surface area contributed by atoms with Gasteiger partial charge in [0, 0.05) is 12.5 Å². The lowest BCUT2D eigenvalue weighted by molar-refractivity contribution is -0.133. The maximum Gasteiger partial charge on any atom is 0.227 e. The minimum absolute atomic E-state index is 0.0148. The second-order valence-electron chi connectivity index (χ2n) is 7.32. The van der Waals surface area contributed by atoms with E-state index in [0.29, 0.717) is 24.2 Å². The van der Waals surface area contributed by atoms with Crippen LogP contribution >= 0.6 is 11.3 Å². The molecule has 1 amide bonds. The smallest absolute Gasteiger partial charge is 0.227 e. The number of carbonyl (C=O) groups excluding carboxylic acids is 2. The molecule has 1 aromatic heterocycles. The number of benzene rings is 1. The average Bonchev–Trinajstić information content (AvgIpc) is 3.30. The number of thiophene rings is 1. The van der Waals surface area contributed by atoms with Crippen molar-refractivity contribution in [3.8, 4) is 5.75 Å². The number of fused-ring (bicyclic) bond motifs is 4. The summed E-state index contributed by atoms with van der Waals surface area (Å²) in [7, 11) is 0. The van der Waals surface area contributed by atoms with Crippen molar-refractivity contribution in [1.82, 2.24) is 4.90 Å². The number of Topliss-reactive ketones (excluding diaryl/α,β-unsaturated/α-hetero) is 1. The molecule has 5 rings (SSSR count). The van der Waals surface area contributed by atoms with E-state index in [1.807, 2.05) is 46.0 Å². The molecule has 3 aliphatic rings. The third-order valence-corrected chi connectivity index (χ3v) is 6.61. The van der Waals surface area contributed by atoms with Crippen LogP contribution in [0.3, 0.4) is 0 Å². The predicted molar refractivity (Wildman–Crippen MR) is 95.0 cm³/mol. The molecule has 4 nitrogen and oxygen atoms in total. The molecule has 128 valence electrons. The molecule has 2 fully saturated rings. The molecular formula is C20H19NO3S. The highest BCUT2D eigenvalue weighted by Gasteiger charge is 2.61. The number of amides is 1. The Morgan fingerprint density at radius 1 is 1.28 bits per heavy atom. The highest BCUT2D eigenvalue weighted by Crippen LogP contribution is 2.51. The van der Waals surface area contributed by atoms with Gasteiger partial charge in [0.05, 0.1) is 24.4 Å². The van der Waals surface area contributed by atoms with Gasteiger partial charge in [-0.1, -0.05) is 12.1 Å². The zero-order chi connectivity index (χ0) is 17.0. The number of carbonyl (C=O) groups is 2. The van der Waals surface area contributed by atoms with E-state index in [2.05, 4.69) is 0 Å². The summed E-state index contributed by atoms with van der Waals surface area (Å²) in [5.74, 6) is 0.980. The number of rotatable bonds is 2. The first-order chi connectivity index (χ1) is 12.2. The molecule has 4 heterocycles. The lowest BCUT2D eigenvalue weighted by Crippen LogP contribution is -2.52. The molecule has 2 saturated heterocycles. The number of nitrogens with zero attached hydrogens (tertiary/aromatic N) is 1. The van der Waals surface area contributed by atoms with E-state index in [1.54, 1.807) is 11.3 Å². The molecule has 0 aliphatic carbocycles. The first-order valence-electron chi connectivity index (χ1n) is 8.80. The second-order valence-corrected chi connectivity index (χ2v) is 8.10. The SMILES string of the molecule is O=C1CC2(CC3CCC2N3C(=O)Cc2ccsc2)Oc2ccccc21. The zero-order valence-electron chi connectivity index (χ0n) is 13.8. The van der Waals surface area contributed by atoms with E-state index in [1.165, 1.54) is 0 Å². The molecule has 2 aromatic rings. The van der Waals surface area contributed by atoms with Crippen LogP contribution in [0, 0.1) is 0 Å². The standard InChI is InChI=1S/C20H19NO3S/c22-16-11-20(24-17-4-2-1-3-15(16)17)10-14-5-6-18(20)21(14)19(23)9-13-7-8-25-12-13/h1-4,7-8,12,14,18H,5-6,9-11H2. The maximum atomic E-state index is 12.9. The van der Waals surface area contributed by atoms with Gasteiger partial charge in [-0.15, -0.1) is 0 Å². The second kappa shape index (κ2) is 5.43. The summed E-state index contributed by atoms with van der Waals surface area (Å²) < 4.78 is 6.39. The molecule has 2 bridgehead atoms. The Morgan fingerprint density at radius 2 is 2.16 bits per heavy atom. The summed E-state index contributed by atoms with van der Waals surface area (Å²) in [4.78, 5) is 27.6. The number of ether oxygens (including phenoxy) is 1. The van der Waals surface area contributed by atoms with E-state index in [4.69, 9.17) is 4.74 Å². The van der Waals surface area contributed by atoms with Gasteiger partial charge in [-0.3, -0.25) is 9.59 Å². The van der Waals surface area contributed by atoms with E-state index in [9.17, 15) is 9.59 Å². The highest BCUT2D eigenvalue weighted by molar-refractivity contribution is 7.08. The molecule has 1 aromatic carbocycles. The molecule has 3 unspecified atom stereocenters. The lowest BCUT2D eigenvalue weighted by atomic mass is 9.78. The Labute approximate surface area is 150 Å². The first-order valence-corrected chi connectivity index (χ1v) is 9.74. The Kier molecular flexibility index (Phi) is 3.29. The minimum Gasteiger partial charge on any atom is -0.484 e. The van der Waals surface area contributed by atoms with E-state index < -0.39 is 5.60 Å². The molecule has 0 radical (unpaired) electrons. The van der Waals surface area contributed by atoms with Crippen LogP contribution in [0.2, 0.25) is 0 Å². The third kappa shape index (κ3) is 2.25. The molecular weight excluding hydrogens is 334 g/mol. The van der Waals surface area contributed by atoms with Crippen molar-refractivity contribution in [2.24, 2.45) is 0 Å². The normalized spacial score (nSPS) is 29.8. The van der Waals surface area contributed by atoms with Crippen molar-refractivity contribution in [2.45, 2.75) is 49.8 Å². The quantitative estimate of drug-likeness (QED) is 0.831. The van der Waals surface area contributed by atoms with Gasteiger partial charge in [0.2, 0.25) is 5.91 Å². The molecule has 0 N–H and O–H groups in total. The van der Waals surface area contributed by atoms with Crippen LogP contribution in [0.4, 0.5) is 0 Å². The summed E-state index contributed by atoms with van der Waals surface area (Å²) in [6.45, 7) is 0. The molecule has 0 saturated carbocycles. The fourth-order valence-electron chi connectivity index (χ4n) is 4.88.